The van der Waals surface area contributed by atoms with Crippen LogP contribution in [0.4, 0.5) is 13.2 Å². The predicted octanol–water partition coefficient (Wildman–Crippen LogP) is 5.34. The Morgan fingerprint density at radius 1 is 1.11 bits per heavy atom. The van der Waals surface area contributed by atoms with Crippen LogP contribution in [0.25, 0.3) is 0 Å². The zero-order chi connectivity index (χ0) is 14.2. The average Bonchev–Trinajstić information content (AvgIpc) is 2.68. The molecule has 0 saturated heterocycles. The van der Waals surface area contributed by atoms with E-state index < -0.39 is 17.8 Å². The highest BCUT2D eigenvalue weighted by Gasteiger charge is 2.30. The Kier molecular flexibility index (Phi) is 4.39. The summed E-state index contributed by atoms with van der Waals surface area (Å²) in [5.41, 5.74) is 6.02. The minimum atomic E-state index is -4.32. The molecule has 2 aromatic rings. The summed E-state index contributed by atoms with van der Waals surface area (Å²) in [4.78, 5) is 0.874. The summed E-state index contributed by atoms with van der Waals surface area (Å²) in [6, 6.07) is 6.34. The van der Waals surface area contributed by atoms with Crippen molar-refractivity contribution in [3.8, 4) is 0 Å². The summed E-state index contributed by atoms with van der Waals surface area (Å²) in [5.74, 6) is 0. The lowest BCUT2D eigenvalue weighted by atomic mass is 10.0. The predicted molar refractivity (Wildman–Crippen MR) is 77.2 cm³/mol. The molecule has 1 atom stereocenters. The monoisotopic (exact) mass is 413 g/mol. The summed E-state index contributed by atoms with van der Waals surface area (Å²) in [7, 11) is 0. The van der Waals surface area contributed by atoms with Gasteiger partial charge in [0.05, 0.1) is 15.4 Å². The average molecular weight is 415 g/mol. The minimum Gasteiger partial charge on any atom is -0.320 e. The van der Waals surface area contributed by atoms with Crippen molar-refractivity contribution >= 4 is 43.2 Å². The molecular formula is C12H8Br2F3NS. The van der Waals surface area contributed by atoms with Crippen LogP contribution in [-0.2, 0) is 6.18 Å². The number of nitrogens with two attached hydrogens (primary N) is 1. The molecule has 0 amide bonds. The van der Waals surface area contributed by atoms with Gasteiger partial charge in [0.2, 0.25) is 0 Å². The summed E-state index contributed by atoms with van der Waals surface area (Å²) in [5, 5.41) is 0. The Morgan fingerprint density at radius 3 is 2.11 bits per heavy atom. The van der Waals surface area contributed by atoms with E-state index in [1.807, 2.05) is 6.07 Å². The van der Waals surface area contributed by atoms with Crippen LogP contribution < -0.4 is 5.73 Å². The first-order valence-electron chi connectivity index (χ1n) is 5.16. The van der Waals surface area contributed by atoms with Gasteiger partial charge in [0.25, 0.3) is 0 Å². The van der Waals surface area contributed by atoms with Gasteiger partial charge in [-0.3, -0.25) is 0 Å². The fourth-order valence-electron chi connectivity index (χ4n) is 1.56. The van der Waals surface area contributed by atoms with Crippen LogP contribution in [0.3, 0.4) is 0 Å². The number of thiophene rings is 1. The van der Waals surface area contributed by atoms with Crippen LogP contribution in [0.1, 0.15) is 22.0 Å². The van der Waals surface area contributed by atoms with E-state index in [9.17, 15) is 13.2 Å². The lowest BCUT2D eigenvalue weighted by molar-refractivity contribution is -0.137. The molecule has 102 valence electrons. The normalized spacial score (nSPS) is 13.6. The van der Waals surface area contributed by atoms with Crippen molar-refractivity contribution in [2.45, 2.75) is 12.2 Å². The minimum absolute atomic E-state index is 0.435. The molecule has 2 rings (SSSR count). The molecule has 1 aromatic heterocycles. The maximum absolute atomic E-state index is 12.5. The van der Waals surface area contributed by atoms with Crippen molar-refractivity contribution < 1.29 is 13.2 Å². The van der Waals surface area contributed by atoms with Gasteiger partial charge in [-0.1, -0.05) is 12.1 Å². The Bertz CT molecular complexity index is 558. The molecule has 0 bridgehead atoms. The van der Waals surface area contributed by atoms with Gasteiger partial charge in [0.1, 0.15) is 0 Å². The Morgan fingerprint density at radius 2 is 1.68 bits per heavy atom. The fraction of sp³-hybridized carbons (Fsp3) is 0.167. The molecule has 0 fully saturated rings. The number of rotatable bonds is 2. The van der Waals surface area contributed by atoms with Crippen LogP contribution in [-0.4, -0.2) is 0 Å². The lowest BCUT2D eigenvalue weighted by Crippen LogP contribution is -2.11. The molecule has 0 radical (unpaired) electrons. The zero-order valence-electron chi connectivity index (χ0n) is 9.34. The topological polar surface area (TPSA) is 26.0 Å². The molecule has 19 heavy (non-hydrogen) atoms. The molecule has 0 spiro atoms. The number of halogens is 5. The first-order valence-corrected chi connectivity index (χ1v) is 7.57. The van der Waals surface area contributed by atoms with E-state index in [1.54, 1.807) is 0 Å². The summed E-state index contributed by atoms with van der Waals surface area (Å²) < 4.78 is 39.2. The molecular weight excluding hydrogens is 407 g/mol. The van der Waals surface area contributed by atoms with Gasteiger partial charge in [-0.25, -0.2) is 0 Å². The molecule has 0 saturated carbocycles. The highest BCUT2D eigenvalue weighted by atomic mass is 79.9. The van der Waals surface area contributed by atoms with Crippen molar-refractivity contribution in [2.75, 3.05) is 0 Å². The van der Waals surface area contributed by atoms with Crippen LogP contribution >= 0.6 is 43.2 Å². The third-order valence-corrected chi connectivity index (χ3v) is 5.91. The van der Waals surface area contributed by atoms with Gasteiger partial charge in [0, 0.05) is 9.35 Å². The first kappa shape index (κ1) is 15.0. The summed E-state index contributed by atoms with van der Waals surface area (Å²) in [6.45, 7) is 0. The van der Waals surface area contributed by atoms with E-state index in [0.29, 0.717) is 5.56 Å². The molecule has 1 unspecified atom stereocenters. The van der Waals surface area contributed by atoms with Crippen LogP contribution in [0.15, 0.2) is 38.6 Å². The first-order chi connectivity index (χ1) is 8.79. The fourth-order valence-corrected chi connectivity index (χ4v) is 3.68. The third kappa shape index (κ3) is 3.39. The van der Waals surface area contributed by atoms with Gasteiger partial charge < -0.3 is 5.73 Å². The summed E-state index contributed by atoms with van der Waals surface area (Å²) in [6.07, 6.45) is -4.32. The van der Waals surface area contributed by atoms with E-state index in [-0.39, 0.29) is 0 Å². The molecule has 1 aromatic carbocycles. The second-order valence-corrected chi connectivity index (χ2v) is 7.12. The van der Waals surface area contributed by atoms with Gasteiger partial charge in [-0.15, -0.1) is 11.3 Å². The van der Waals surface area contributed by atoms with Crippen molar-refractivity contribution in [1.82, 2.24) is 0 Å². The summed E-state index contributed by atoms with van der Waals surface area (Å²) >= 11 is 8.17. The van der Waals surface area contributed by atoms with Gasteiger partial charge in [0.15, 0.2) is 0 Å². The quantitative estimate of drug-likeness (QED) is 0.705. The number of hydrogen-bond acceptors (Lipinski definition) is 2. The van der Waals surface area contributed by atoms with E-state index >= 15 is 0 Å². The maximum Gasteiger partial charge on any atom is 0.416 e. The van der Waals surface area contributed by atoms with Gasteiger partial charge in [-0.05, 0) is 55.6 Å². The molecule has 1 heterocycles. The standard InChI is InChI=1S/C12H8Br2F3NS/c13-8-5-9(19-11(8)14)10(18)6-1-3-7(4-2-6)12(15,16)17/h1-5,10H,18H2. The SMILES string of the molecule is NC(c1ccc(C(F)(F)F)cc1)c1cc(Br)c(Br)s1. The third-order valence-electron chi connectivity index (χ3n) is 2.57. The van der Waals surface area contributed by atoms with E-state index in [2.05, 4.69) is 31.9 Å². The van der Waals surface area contributed by atoms with Crippen molar-refractivity contribution in [1.29, 1.82) is 0 Å². The van der Waals surface area contributed by atoms with Crippen LogP contribution in [0, 0.1) is 0 Å². The molecule has 0 aliphatic carbocycles. The number of benzene rings is 1. The molecule has 0 aliphatic heterocycles. The highest BCUT2D eigenvalue weighted by molar-refractivity contribution is 9.13. The highest BCUT2D eigenvalue weighted by Crippen LogP contribution is 2.37. The molecule has 7 heteroatoms. The van der Waals surface area contributed by atoms with Crippen molar-refractivity contribution in [3.63, 3.8) is 0 Å². The van der Waals surface area contributed by atoms with E-state index in [0.717, 1.165) is 25.3 Å². The number of alkyl halides is 3. The van der Waals surface area contributed by atoms with E-state index in [4.69, 9.17) is 5.73 Å². The molecule has 0 aliphatic rings. The maximum atomic E-state index is 12.5. The van der Waals surface area contributed by atoms with Crippen LogP contribution in [0.2, 0.25) is 0 Å². The Labute approximate surface area is 128 Å². The lowest BCUT2D eigenvalue weighted by Gasteiger charge is -2.12. The zero-order valence-corrected chi connectivity index (χ0v) is 13.3. The van der Waals surface area contributed by atoms with E-state index in [1.165, 1.54) is 23.5 Å². The second-order valence-electron chi connectivity index (χ2n) is 3.87. The Balaban J connectivity index is 2.27. The van der Waals surface area contributed by atoms with Crippen molar-refractivity contribution in [2.24, 2.45) is 5.73 Å². The molecule has 2 N–H and O–H groups in total. The van der Waals surface area contributed by atoms with Crippen LogP contribution in [0.5, 0.6) is 0 Å². The van der Waals surface area contributed by atoms with Gasteiger partial charge >= 0.3 is 6.18 Å². The number of hydrogen-bond donors (Lipinski definition) is 1. The van der Waals surface area contributed by atoms with Crippen molar-refractivity contribution in [3.05, 3.63) is 54.6 Å². The smallest absolute Gasteiger partial charge is 0.320 e. The Hall–Kier alpha value is -0.370. The second kappa shape index (κ2) is 5.55. The van der Waals surface area contributed by atoms with Gasteiger partial charge in [-0.2, -0.15) is 13.2 Å². The molecule has 1 nitrogen and oxygen atoms in total. The largest absolute Gasteiger partial charge is 0.416 e.